The van der Waals surface area contributed by atoms with Crippen LogP contribution in [0, 0.1) is 41.5 Å². The molecule has 699 valence electrons. The largest absolute Gasteiger partial charge is 1.00 e. The number of aromatic nitrogens is 9. The molecule has 0 amide bonds. The van der Waals surface area contributed by atoms with Gasteiger partial charge in [-0.3, -0.25) is 4.79 Å². The number of carboxylic acids is 1. The van der Waals surface area contributed by atoms with Gasteiger partial charge in [0.1, 0.15) is 75.5 Å². The van der Waals surface area contributed by atoms with Gasteiger partial charge in [-0.05, 0) is 275 Å². The van der Waals surface area contributed by atoms with Crippen LogP contribution < -0.4 is 42.5 Å². The molecule has 0 aliphatic heterocycles. The van der Waals surface area contributed by atoms with Crippen molar-refractivity contribution in [1.82, 2.24) is 45.0 Å². The van der Waals surface area contributed by atoms with Gasteiger partial charge < -0.3 is 41.2 Å². The van der Waals surface area contributed by atoms with Gasteiger partial charge >= 0.3 is 36.4 Å². The molecule has 0 spiro atoms. The molecule has 12 aromatic rings. The van der Waals surface area contributed by atoms with E-state index < -0.39 is 148 Å². The summed E-state index contributed by atoms with van der Waals surface area (Å²) in [6.45, 7) is 21.1. The molecule has 12 rings (SSSR count). The lowest BCUT2D eigenvalue weighted by Gasteiger charge is -2.47. The number of hydrogen-bond donors (Lipinski definition) is 1. The first-order valence-corrected chi connectivity index (χ1v) is 47.0. The first-order chi connectivity index (χ1) is 67.0. The van der Waals surface area contributed by atoms with E-state index in [1.54, 1.807) is 91.8 Å². The van der Waals surface area contributed by atoms with Crippen LogP contribution in [0.15, 0.2) is 218 Å². The van der Waals surface area contributed by atoms with Crippen LogP contribution in [-0.4, -0.2) is 283 Å². The van der Waals surface area contributed by atoms with Gasteiger partial charge in [0, 0.05) is 183 Å². The number of aliphatic carboxylic acids is 1. The minimum Gasteiger partial charge on any atom is -1.00 e. The number of aryl methyl sites for hydroxylation is 8. The lowest BCUT2D eigenvalue weighted by atomic mass is 8.35. The average molecular weight is 1950 g/mol. The summed E-state index contributed by atoms with van der Waals surface area (Å²) in [5, 5.41) is 39.1. The zero-order chi connectivity index (χ0) is 106. The number of rotatable bonds is 34. The molecular formula is C89H88B25ClF9N9O10P. The predicted octanol–water partition coefficient (Wildman–Crippen LogP) is 6.05. The second-order valence-corrected chi connectivity index (χ2v) is 39.2. The Balaban J connectivity index is 0.000000248. The molecular weight excluding hydrogens is 1860 g/mol. The Morgan fingerprint density at radius 3 is 1.08 bits per heavy atom. The van der Waals surface area contributed by atoms with Gasteiger partial charge in [-0.25, -0.2) is 14.4 Å². The number of hydrogen-bond acceptors (Lipinski definition) is 15. The van der Waals surface area contributed by atoms with Gasteiger partial charge in [-0.1, -0.05) is 78.9 Å². The molecule has 0 atom stereocenters. The van der Waals surface area contributed by atoms with Crippen molar-refractivity contribution in [3.8, 4) is 34.3 Å². The number of benzene rings is 9. The van der Waals surface area contributed by atoms with Gasteiger partial charge in [-0.15, -0.1) is 10.2 Å². The highest BCUT2D eigenvalue weighted by molar-refractivity contribution is 8.24. The first-order valence-electron chi connectivity index (χ1n) is 45.0. The molecule has 0 saturated carbocycles. The fraction of sp³-hybridized carbons (Fsp3) is 0.258. The van der Waals surface area contributed by atoms with Crippen molar-refractivity contribution < 1.29 is 99.9 Å². The minimum absolute atomic E-state index is 0. The third-order valence-electron chi connectivity index (χ3n) is 22.2. The molecule has 1 N–H and O–H groups in total. The number of nitrogens with zero attached hydrogens (tertiary/aromatic N) is 9. The molecule has 0 unspecified atom stereocenters. The second kappa shape index (κ2) is 54.1. The van der Waals surface area contributed by atoms with Gasteiger partial charge in [0.15, 0.2) is 19.8 Å². The molecule has 3 aromatic heterocycles. The van der Waals surface area contributed by atoms with Gasteiger partial charge in [0.25, 0.3) is 0 Å². The predicted molar refractivity (Wildman–Crippen MR) is 577 cm³/mol. The quantitative estimate of drug-likeness (QED) is 0.0159. The normalized spacial score (nSPS) is 11.3. The summed E-state index contributed by atoms with van der Waals surface area (Å²) >= 11 is 0. The van der Waals surface area contributed by atoms with Crippen molar-refractivity contribution in [1.29, 1.82) is 0 Å². The van der Waals surface area contributed by atoms with Crippen LogP contribution >= 0.6 is 7.26 Å². The maximum Gasteiger partial charge on any atom is 0.416 e. The standard InChI is InChI=1S/C29H24F3N3P.C25H26F3N3O3.C21H20F3N3O3.C14H18O4.B25.ClH/c1-22-28(34-35(33-22)24-19-17-23(18-20-24)29(30,31)32)21-36(25-11-5-2-6-12-25,26-13-7-3-8-14-26)27-15-9-4-10-16-27;1-16-14-18(7-13-22(16)33-15-23(32)34-24(3,4)5)6-12-21-17(2)29-31(30-21)20-10-8-19(9-11-20)25(26,27)28;1-13-11-15(4-10-19(13)30-12-20(28)29)3-9-18-14(2)25-27(26-18)17-7-5-16(6-8-17)21(22,23)24;1-10-7-11(8-15)5-6-12(10)17-9-13(16)18-14(2,3)4;1-14-21(15(2)3)24(20(12)13)25(22(16(4)5)17(6)7)23(18(8)9)19(10)11;/h2-20H,21H2,1H3;6-14H,15H2,1-5H3;4-8,10-11H,3,9,12H2,1-2H3,(H,28,29);5-8H,9H2,1-4H3;;1H/q+1;;;;;/p-1/b;12-6+;;;;. The number of alkyl halides is 9. The molecule has 19 nitrogen and oxygen atoms in total. The number of halogens is 10. The fourth-order valence-electron chi connectivity index (χ4n) is 15.5. The average Bonchev–Trinajstić information content (AvgIpc) is 1.47. The summed E-state index contributed by atoms with van der Waals surface area (Å²) in [4.78, 5) is 48.6. The zero-order valence-electron chi connectivity index (χ0n) is 81.6. The van der Waals surface area contributed by atoms with E-state index in [0.29, 0.717) is 76.0 Å². The van der Waals surface area contributed by atoms with Gasteiger partial charge in [-0.2, -0.15) is 74.3 Å². The maximum atomic E-state index is 13.0. The van der Waals surface area contributed by atoms with E-state index in [-0.39, 0.29) is 25.6 Å². The van der Waals surface area contributed by atoms with Crippen LogP contribution in [0.25, 0.3) is 29.2 Å². The summed E-state index contributed by atoms with van der Waals surface area (Å²) in [6, 6.07) is 61.7. The van der Waals surface area contributed by atoms with Crippen molar-refractivity contribution in [3.05, 3.63) is 303 Å². The van der Waals surface area contributed by atoms with Crippen molar-refractivity contribution in [2.75, 3.05) is 19.8 Å². The summed E-state index contributed by atoms with van der Waals surface area (Å²) in [5.41, 5.74) is 7.34. The van der Waals surface area contributed by atoms with Gasteiger partial charge in [0.2, 0.25) is 0 Å². The van der Waals surface area contributed by atoms with Crippen LogP contribution in [-0.2, 0) is 61.4 Å². The molecule has 55 heteroatoms. The van der Waals surface area contributed by atoms with Crippen molar-refractivity contribution >= 4 is 237 Å². The highest BCUT2D eigenvalue weighted by Gasteiger charge is 2.50. The van der Waals surface area contributed by atoms with E-state index in [4.69, 9.17) is 134 Å². The van der Waals surface area contributed by atoms with Crippen molar-refractivity contribution in [2.24, 2.45) is 0 Å². The Labute approximate surface area is 865 Å². The highest BCUT2D eigenvalue weighted by atomic mass is 35.5. The Bertz CT molecular complexity index is 6050. The summed E-state index contributed by atoms with van der Waals surface area (Å²) in [7, 11) is 75.7. The number of carbonyl (C=O) groups is 4. The number of esters is 2. The van der Waals surface area contributed by atoms with Gasteiger partial charge in [0.05, 0.1) is 56.5 Å². The fourth-order valence-corrected chi connectivity index (χ4v) is 19.7. The molecule has 0 aliphatic carbocycles. The van der Waals surface area contributed by atoms with Crippen LogP contribution in [0.4, 0.5) is 39.5 Å². The molecule has 0 bridgehead atoms. The molecule has 3 heterocycles. The highest BCUT2D eigenvalue weighted by Crippen LogP contribution is 2.58. The third-order valence-corrected chi connectivity index (χ3v) is 26.5. The van der Waals surface area contributed by atoms with E-state index in [1.807, 2.05) is 76.2 Å². The second-order valence-electron chi connectivity index (χ2n) is 35.7. The summed E-state index contributed by atoms with van der Waals surface area (Å²) < 4.78 is 142. The van der Waals surface area contributed by atoms with E-state index in [0.717, 1.165) is 87.6 Å². The third kappa shape index (κ3) is 35.6. The summed E-state index contributed by atoms with van der Waals surface area (Å²) in [5.74, 6) is -0.224. The zero-order valence-corrected chi connectivity index (χ0v) is 83.2. The molecule has 0 fully saturated rings. The maximum absolute atomic E-state index is 13.0. The Morgan fingerprint density at radius 2 is 0.736 bits per heavy atom. The van der Waals surface area contributed by atoms with Crippen LogP contribution in [0.1, 0.15) is 131 Å². The number of carbonyl (C=O) groups excluding carboxylic acids is 3. The number of carboxylic acid groups (broad SMARTS) is 1. The summed E-state index contributed by atoms with van der Waals surface area (Å²) in [6.07, 6.45) is -16.1. The van der Waals surface area contributed by atoms with E-state index in [9.17, 15) is 58.7 Å². The molecule has 9 aromatic carbocycles. The monoisotopic (exact) mass is 1950 g/mol. The molecule has 0 aliphatic rings. The minimum atomic E-state index is -4.39. The van der Waals surface area contributed by atoms with E-state index in [2.05, 4.69) is 98.3 Å². The van der Waals surface area contributed by atoms with E-state index in [1.165, 1.54) is 73.8 Å². The van der Waals surface area contributed by atoms with Crippen LogP contribution in [0.5, 0.6) is 17.2 Å². The smallest absolute Gasteiger partial charge is 0.416 e. The Morgan fingerprint density at radius 1 is 0.396 bits per heavy atom. The lowest BCUT2D eigenvalue weighted by Crippen LogP contribution is -3.00. The molecule has 144 heavy (non-hydrogen) atoms. The van der Waals surface area contributed by atoms with Crippen molar-refractivity contribution in [2.45, 2.75) is 132 Å². The lowest BCUT2D eigenvalue weighted by molar-refractivity contribution is -0.158. The number of ether oxygens (including phenoxy) is 5. The Kier molecular flexibility index (Phi) is 45.2. The Hall–Kier alpha value is -10.7. The van der Waals surface area contributed by atoms with E-state index >= 15 is 0 Å². The topological polar surface area (TPSA) is 227 Å². The SMILES string of the molecule is Cc1cc(/C=C/c2nn(-c3ccc(C(F)(F)F)cc3)nc2C)ccc1OCC(=O)OC(C)(C)C.Cc1cc(C=O)ccc1OCC(=O)OC(C)(C)C.Cc1cc(CCc2nn(-c3ccc(C(F)(F)F)cc3)nc2C)ccc1OCC(=O)O.Cc1nn(-c2ccc(C(F)(F)F)cc2)nc1C[P+](c1ccccc1)(c1ccccc1)c1ccccc1.[B][B]B(B([B])[B])B(B([B])[B])B(B(B([B])[B])B([B])[B])B(B([B])[B])B([B])[B].[Cl-]. The van der Waals surface area contributed by atoms with Crippen LogP contribution in [0.3, 0.4) is 0 Å². The van der Waals surface area contributed by atoms with Crippen molar-refractivity contribution in [3.63, 3.8) is 0 Å². The first kappa shape index (κ1) is 120. The van der Waals surface area contributed by atoms with Crippen LogP contribution in [0.2, 0.25) is 0 Å². The molecule has 27 radical (unpaired) electrons. The molecule has 0 saturated heterocycles. The number of aldehydes is 1.